The van der Waals surface area contributed by atoms with Gasteiger partial charge in [0.15, 0.2) is 0 Å². The highest BCUT2D eigenvalue weighted by atomic mass is 32.1. The minimum absolute atomic E-state index is 0.0232. The average Bonchev–Trinajstić information content (AvgIpc) is 2.83. The van der Waals surface area contributed by atoms with E-state index >= 15 is 0 Å². The molecule has 2 aromatic heterocycles. The molecule has 3 N–H and O–H groups in total. The molecule has 0 aliphatic carbocycles. The van der Waals surface area contributed by atoms with Crippen molar-refractivity contribution in [3.8, 4) is 0 Å². The lowest BCUT2D eigenvalue weighted by molar-refractivity contribution is -0.119. The van der Waals surface area contributed by atoms with E-state index in [1.165, 1.54) is 11.3 Å². The van der Waals surface area contributed by atoms with Crippen molar-refractivity contribution in [3.63, 3.8) is 0 Å². The number of hydrogen-bond acceptors (Lipinski definition) is 6. The van der Waals surface area contributed by atoms with Crippen LogP contribution in [0.4, 0.5) is 11.8 Å². The Hall–Kier alpha value is -1.89. The zero-order valence-corrected chi connectivity index (χ0v) is 11.8. The predicted octanol–water partition coefficient (Wildman–Crippen LogP) is 1.24. The first-order valence-corrected chi connectivity index (χ1v) is 7.06. The van der Waals surface area contributed by atoms with Gasteiger partial charge >= 0.3 is 0 Å². The van der Waals surface area contributed by atoms with Crippen LogP contribution in [0.5, 0.6) is 0 Å². The van der Waals surface area contributed by atoms with E-state index in [0.29, 0.717) is 13.1 Å². The molecule has 19 heavy (non-hydrogen) atoms. The topological polar surface area (TPSA) is 84.1 Å². The van der Waals surface area contributed by atoms with Crippen molar-refractivity contribution < 1.29 is 4.79 Å². The summed E-state index contributed by atoms with van der Waals surface area (Å²) >= 11 is 1.51. The van der Waals surface area contributed by atoms with Crippen molar-refractivity contribution in [1.82, 2.24) is 15.3 Å². The number of anilines is 2. The Balaban J connectivity index is 2.34. The van der Waals surface area contributed by atoms with E-state index in [2.05, 4.69) is 15.3 Å². The third-order valence-electron chi connectivity index (χ3n) is 2.71. The summed E-state index contributed by atoms with van der Waals surface area (Å²) in [5.74, 6) is 0.932. The third kappa shape index (κ3) is 2.93. The summed E-state index contributed by atoms with van der Waals surface area (Å²) in [5, 5.41) is 5.67. The van der Waals surface area contributed by atoms with Crippen LogP contribution in [0.1, 0.15) is 13.8 Å². The van der Waals surface area contributed by atoms with Crippen LogP contribution in [0.25, 0.3) is 10.2 Å². The van der Waals surface area contributed by atoms with Gasteiger partial charge in [-0.1, -0.05) is 0 Å². The van der Waals surface area contributed by atoms with Crippen molar-refractivity contribution in [2.75, 3.05) is 30.3 Å². The second-order valence-electron chi connectivity index (χ2n) is 4.01. The van der Waals surface area contributed by atoms with Gasteiger partial charge in [-0.2, -0.15) is 4.98 Å². The molecular weight excluding hydrogens is 262 g/mol. The number of carbonyl (C=O) groups excluding carboxylic acids is 1. The van der Waals surface area contributed by atoms with Gasteiger partial charge in [0, 0.05) is 13.1 Å². The smallest absolute Gasteiger partial charge is 0.239 e. The minimum Gasteiger partial charge on any atom is -0.368 e. The van der Waals surface area contributed by atoms with Gasteiger partial charge < -0.3 is 16.0 Å². The molecule has 0 aliphatic heterocycles. The molecule has 2 aromatic rings. The average molecular weight is 279 g/mol. The molecule has 1 amide bonds. The summed E-state index contributed by atoms with van der Waals surface area (Å²) in [7, 11) is 0. The number of nitrogens with two attached hydrogens (primary N) is 1. The van der Waals surface area contributed by atoms with E-state index in [-0.39, 0.29) is 18.4 Å². The molecule has 6 nitrogen and oxygen atoms in total. The molecule has 0 fully saturated rings. The Bertz CT molecular complexity index is 583. The zero-order valence-electron chi connectivity index (χ0n) is 11.0. The molecule has 0 atom stereocenters. The fraction of sp³-hybridized carbons (Fsp3) is 0.417. The SMILES string of the molecule is CCNC(=O)CN(CC)c1nc(N)nc2sccc12. The normalized spacial score (nSPS) is 10.6. The maximum atomic E-state index is 11.7. The molecular formula is C12H17N5OS. The van der Waals surface area contributed by atoms with Gasteiger partial charge in [-0.3, -0.25) is 4.79 Å². The highest BCUT2D eigenvalue weighted by Gasteiger charge is 2.15. The summed E-state index contributed by atoms with van der Waals surface area (Å²) in [5.41, 5.74) is 5.72. The largest absolute Gasteiger partial charge is 0.368 e. The molecule has 0 saturated heterocycles. The van der Waals surface area contributed by atoms with Crippen molar-refractivity contribution in [1.29, 1.82) is 0 Å². The van der Waals surface area contributed by atoms with Crippen LogP contribution in [0.15, 0.2) is 11.4 Å². The van der Waals surface area contributed by atoms with Gasteiger partial charge in [-0.25, -0.2) is 4.98 Å². The van der Waals surface area contributed by atoms with E-state index < -0.39 is 0 Å². The zero-order chi connectivity index (χ0) is 13.8. The lowest BCUT2D eigenvalue weighted by Gasteiger charge is -2.22. The summed E-state index contributed by atoms with van der Waals surface area (Å²) in [6.07, 6.45) is 0. The Morgan fingerprint density at radius 1 is 1.47 bits per heavy atom. The lowest BCUT2D eigenvalue weighted by atomic mass is 10.3. The number of amides is 1. The van der Waals surface area contributed by atoms with Gasteiger partial charge in [-0.15, -0.1) is 11.3 Å². The summed E-state index contributed by atoms with van der Waals surface area (Å²) in [6, 6.07) is 1.95. The maximum absolute atomic E-state index is 11.7. The van der Waals surface area contributed by atoms with Crippen LogP contribution in [0.2, 0.25) is 0 Å². The molecule has 0 bridgehead atoms. The molecule has 102 valence electrons. The lowest BCUT2D eigenvalue weighted by Crippen LogP contribution is -2.37. The fourth-order valence-corrected chi connectivity index (χ4v) is 2.63. The summed E-state index contributed by atoms with van der Waals surface area (Å²) in [4.78, 5) is 22.9. The van der Waals surface area contributed by atoms with Crippen LogP contribution >= 0.6 is 11.3 Å². The molecule has 0 spiro atoms. The number of thiophene rings is 1. The molecule has 0 radical (unpaired) electrons. The van der Waals surface area contributed by atoms with Crippen molar-refractivity contribution in [3.05, 3.63) is 11.4 Å². The van der Waals surface area contributed by atoms with Crippen LogP contribution in [0.3, 0.4) is 0 Å². The highest BCUT2D eigenvalue weighted by Crippen LogP contribution is 2.28. The molecule has 0 unspecified atom stereocenters. The number of fused-ring (bicyclic) bond motifs is 1. The van der Waals surface area contributed by atoms with Crippen LogP contribution in [0, 0.1) is 0 Å². The van der Waals surface area contributed by atoms with Crippen LogP contribution in [-0.4, -0.2) is 35.5 Å². The first-order chi connectivity index (χ1) is 9.15. The van der Waals surface area contributed by atoms with Crippen LogP contribution in [-0.2, 0) is 4.79 Å². The van der Waals surface area contributed by atoms with Crippen LogP contribution < -0.4 is 16.0 Å². The predicted molar refractivity (Wildman–Crippen MR) is 78.4 cm³/mol. The number of nitrogen functional groups attached to an aromatic ring is 1. The van der Waals surface area contributed by atoms with E-state index in [0.717, 1.165) is 16.0 Å². The van der Waals surface area contributed by atoms with E-state index in [9.17, 15) is 4.79 Å². The third-order valence-corrected chi connectivity index (χ3v) is 3.52. The molecule has 0 aliphatic rings. The van der Waals surface area contributed by atoms with Gasteiger partial charge in [0.05, 0.1) is 11.9 Å². The second-order valence-corrected chi connectivity index (χ2v) is 4.91. The molecule has 0 aromatic carbocycles. The number of likely N-dealkylation sites (N-methyl/N-ethyl adjacent to an activating group) is 2. The minimum atomic E-state index is -0.0232. The Kier molecular flexibility index (Phi) is 4.16. The fourth-order valence-electron chi connectivity index (χ4n) is 1.86. The Labute approximate surface area is 115 Å². The maximum Gasteiger partial charge on any atom is 0.239 e. The standard InChI is InChI=1S/C12H17N5OS/c1-3-14-9(18)7-17(4-2)10-8-5-6-19-11(8)16-12(13)15-10/h5-6H,3-4,7H2,1-2H3,(H,14,18)(H2,13,15,16). The molecule has 2 rings (SSSR count). The first-order valence-electron chi connectivity index (χ1n) is 6.18. The van der Waals surface area contributed by atoms with Crippen molar-refractivity contribution in [2.45, 2.75) is 13.8 Å². The second kappa shape index (κ2) is 5.83. The van der Waals surface area contributed by atoms with Gasteiger partial charge in [0.2, 0.25) is 11.9 Å². The summed E-state index contributed by atoms with van der Waals surface area (Å²) < 4.78 is 0. The number of aromatic nitrogens is 2. The van der Waals surface area contributed by atoms with Crippen molar-refractivity contribution >= 4 is 39.2 Å². The number of rotatable bonds is 5. The highest BCUT2D eigenvalue weighted by molar-refractivity contribution is 7.16. The first kappa shape index (κ1) is 13.5. The van der Waals surface area contributed by atoms with Crippen molar-refractivity contribution in [2.24, 2.45) is 0 Å². The van der Waals surface area contributed by atoms with Gasteiger partial charge in [-0.05, 0) is 25.3 Å². The Morgan fingerprint density at radius 2 is 2.26 bits per heavy atom. The number of hydrogen-bond donors (Lipinski definition) is 2. The van der Waals surface area contributed by atoms with E-state index in [1.54, 1.807) is 0 Å². The monoisotopic (exact) mass is 279 g/mol. The number of nitrogens with one attached hydrogen (secondary N) is 1. The Morgan fingerprint density at radius 3 is 2.95 bits per heavy atom. The number of carbonyl (C=O) groups is 1. The van der Waals surface area contributed by atoms with Gasteiger partial charge in [0.1, 0.15) is 10.6 Å². The molecule has 7 heteroatoms. The van der Waals surface area contributed by atoms with E-state index in [4.69, 9.17) is 5.73 Å². The van der Waals surface area contributed by atoms with Gasteiger partial charge in [0.25, 0.3) is 0 Å². The molecule has 2 heterocycles. The quantitative estimate of drug-likeness (QED) is 0.860. The molecule has 0 saturated carbocycles. The number of nitrogens with zero attached hydrogens (tertiary/aromatic N) is 3. The van der Waals surface area contributed by atoms with E-state index in [1.807, 2.05) is 30.2 Å². The summed E-state index contributed by atoms with van der Waals surface area (Å²) in [6.45, 7) is 5.45.